The van der Waals surface area contributed by atoms with Gasteiger partial charge >= 0.3 is 0 Å². The van der Waals surface area contributed by atoms with Crippen molar-refractivity contribution in [3.05, 3.63) is 53.7 Å². The summed E-state index contributed by atoms with van der Waals surface area (Å²) >= 11 is 0. The summed E-state index contributed by atoms with van der Waals surface area (Å²) in [5.41, 5.74) is 8.12. The van der Waals surface area contributed by atoms with Gasteiger partial charge in [0.2, 0.25) is 0 Å². The van der Waals surface area contributed by atoms with Gasteiger partial charge in [0.1, 0.15) is 5.82 Å². The van der Waals surface area contributed by atoms with Crippen molar-refractivity contribution < 1.29 is 4.79 Å². The van der Waals surface area contributed by atoms with Gasteiger partial charge in [0.25, 0.3) is 5.91 Å². The van der Waals surface area contributed by atoms with Crippen molar-refractivity contribution in [2.24, 2.45) is 0 Å². The largest absolute Gasteiger partial charge is 0.396 e. The Balaban J connectivity index is 1.78. The van der Waals surface area contributed by atoms with Gasteiger partial charge in [0.15, 0.2) is 0 Å². The van der Waals surface area contributed by atoms with Crippen LogP contribution in [0, 0.1) is 6.92 Å². The molecule has 1 amide bonds. The Labute approximate surface area is 118 Å². The monoisotopic (exact) mass is 270 g/mol. The number of nitrogen functional groups attached to an aromatic ring is 1. The summed E-state index contributed by atoms with van der Waals surface area (Å²) in [5, 5.41) is 5.93. The number of hydrogen-bond donors (Lipinski definition) is 3. The lowest BCUT2D eigenvalue weighted by atomic mass is 10.2. The molecule has 0 bridgehead atoms. The summed E-state index contributed by atoms with van der Waals surface area (Å²) < 4.78 is 0. The maximum absolute atomic E-state index is 11.8. The number of amides is 1. The molecule has 0 aliphatic carbocycles. The van der Waals surface area contributed by atoms with Crippen LogP contribution >= 0.6 is 0 Å². The van der Waals surface area contributed by atoms with E-state index in [-0.39, 0.29) is 5.91 Å². The molecule has 0 atom stereocenters. The van der Waals surface area contributed by atoms with Crippen LogP contribution in [0.2, 0.25) is 0 Å². The van der Waals surface area contributed by atoms with E-state index in [9.17, 15) is 4.79 Å². The van der Waals surface area contributed by atoms with Crippen LogP contribution in [0.5, 0.6) is 0 Å². The first-order valence-electron chi connectivity index (χ1n) is 6.46. The van der Waals surface area contributed by atoms with Crippen molar-refractivity contribution in [2.45, 2.75) is 6.92 Å². The van der Waals surface area contributed by atoms with Crippen molar-refractivity contribution in [1.82, 2.24) is 10.3 Å². The van der Waals surface area contributed by atoms with Crippen molar-refractivity contribution in [1.29, 1.82) is 0 Å². The van der Waals surface area contributed by atoms with Gasteiger partial charge in [-0.2, -0.15) is 0 Å². The molecule has 2 aromatic rings. The quantitative estimate of drug-likeness (QED) is 0.724. The standard InChI is InChI=1S/C15H18N4O/c1-11-9-13(16)14(19-10-11)17-7-8-18-15(20)12-5-3-2-4-6-12/h2-6,9-10H,7-8,16H2,1H3,(H,17,19)(H,18,20). The smallest absolute Gasteiger partial charge is 0.251 e. The zero-order valence-corrected chi connectivity index (χ0v) is 11.4. The Morgan fingerprint density at radius 2 is 2.00 bits per heavy atom. The third-order valence-electron chi connectivity index (χ3n) is 2.79. The predicted octanol–water partition coefficient (Wildman–Crippen LogP) is 1.81. The number of hydrogen-bond acceptors (Lipinski definition) is 4. The lowest BCUT2D eigenvalue weighted by molar-refractivity contribution is 0.0955. The number of rotatable bonds is 5. The zero-order chi connectivity index (χ0) is 14.4. The molecule has 5 heteroatoms. The Morgan fingerprint density at radius 3 is 2.70 bits per heavy atom. The molecule has 0 saturated heterocycles. The van der Waals surface area contributed by atoms with E-state index in [4.69, 9.17) is 5.73 Å². The first-order chi connectivity index (χ1) is 9.66. The molecule has 1 aromatic heterocycles. The number of carbonyl (C=O) groups is 1. The molecule has 104 valence electrons. The third kappa shape index (κ3) is 3.71. The first-order valence-corrected chi connectivity index (χ1v) is 6.46. The van der Waals surface area contributed by atoms with Crippen LogP contribution < -0.4 is 16.4 Å². The highest BCUT2D eigenvalue weighted by Crippen LogP contribution is 2.14. The summed E-state index contributed by atoms with van der Waals surface area (Å²) in [5.74, 6) is 0.557. The van der Waals surface area contributed by atoms with E-state index in [1.54, 1.807) is 18.3 Å². The van der Waals surface area contributed by atoms with E-state index in [0.29, 0.717) is 30.2 Å². The highest BCUT2D eigenvalue weighted by molar-refractivity contribution is 5.94. The molecule has 4 N–H and O–H groups in total. The lowest BCUT2D eigenvalue weighted by Gasteiger charge is -2.09. The second-order valence-corrected chi connectivity index (χ2v) is 4.50. The van der Waals surface area contributed by atoms with Gasteiger partial charge in [-0.25, -0.2) is 4.98 Å². The molecule has 0 aliphatic rings. The molecule has 0 aliphatic heterocycles. The Morgan fingerprint density at radius 1 is 1.25 bits per heavy atom. The fourth-order valence-corrected chi connectivity index (χ4v) is 1.79. The molecule has 0 radical (unpaired) electrons. The number of benzene rings is 1. The molecule has 1 aromatic carbocycles. The van der Waals surface area contributed by atoms with Crippen LogP contribution in [0.3, 0.4) is 0 Å². The van der Waals surface area contributed by atoms with Crippen LogP contribution in [0.1, 0.15) is 15.9 Å². The molecular formula is C15H18N4O. The number of aryl methyl sites for hydroxylation is 1. The van der Waals surface area contributed by atoms with E-state index in [1.807, 2.05) is 31.2 Å². The van der Waals surface area contributed by atoms with E-state index >= 15 is 0 Å². The molecule has 0 saturated carbocycles. The first kappa shape index (κ1) is 13.9. The fourth-order valence-electron chi connectivity index (χ4n) is 1.79. The Hall–Kier alpha value is -2.56. The summed E-state index contributed by atoms with van der Waals surface area (Å²) in [6.45, 7) is 3.01. The minimum absolute atomic E-state index is 0.0859. The average Bonchev–Trinajstić information content (AvgIpc) is 2.46. The van der Waals surface area contributed by atoms with Crippen molar-refractivity contribution in [2.75, 3.05) is 24.1 Å². The highest BCUT2D eigenvalue weighted by Gasteiger charge is 2.03. The van der Waals surface area contributed by atoms with Crippen molar-refractivity contribution >= 4 is 17.4 Å². The Kier molecular flexibility index (Phi) is 4.55. The number of nitrogens with one attached hydrogen (secondary N) is 2. The minimum Gasteiger partial charge on any atom is -0.396 e. The number of carbonyl (C=O) groups excluding carboxylic acids is 1. The summed E-state index contributed by atoms with van der Waals surface area (Å²) in [7, 11) is 0. The SMILES string of the molecule is Cc1cnc(NCCNC(=O)c2ccccc2)c(N)c1. The molecule has 0 spiro atoms. The normalized spacial score (nSPS) is 10.1. The van der Waals surface area contributed by atoms with E-state index < -0.39 is 0 Å². The molecule has 5 nitrogen and oxygen atoms in total. The number of anilines is 2. The highest BCUT2D eigenvalue weighted by atomic mass is 16.1. The van der Waals surface area contributed by atoms with Gasteiger partial charge in [-0.1, -0.05) is 18.2 Å². The van der Waals surface area contributed by atoms with Crippen molar-refractivity contribution in [3.63, 3.8) is 0 Å². The second kappa shape index (κ2) is 6.56. The average molecular weight is 270 g/mol. The second-order valence-electron chi connectivity index (χ2n) is 4.50. The molecule has 20 heavy (non-hydrogen) atoms. The molecule has 0 fully saturated rings. The lowest BCUT2D eigenvalue weighted by Crippen LogP contribution is -2.28. The molecule has 1 heterocycles. The van der Waals surface area contributed by atoms with E-state index in [2.05, 4.69) is 15.6 Å². The predicted molar refractivity (Wildman–Crippen MR) is 80.7 cm³/mol. The van der Waals surface area contributed by atoms with Gasteiger partial charge in [0, 0.05) is 24.8 Å². The topological polar surface area (TPSA) is 80.0 Å². The van der Waals surface area contributed by atoms with Gasteiger partial charge in [-0.3, -0.25) is 4.79 Å². The molecular weight excluding hydrogens is 252 g/mol. The minimum atomic E-state index is -0.0859. The fraction of sp³-hybridized carbons (Fsp3) is 0.200. The summed E-state index contributed by atoms with van der Waals surface area (Å²) in [6.07, 6.45) is 1.75. The van der Waals surface area contributed by atoms with Crippen LogP contribution in [-0.4, -0.2) is 24.0 Å². The number of pyridine rings is 1. The summed E-state index contributed by atoms with van der Waals surface area (Å²) in [4.78, 5) is 16.0. The van der Waals surface area contributed by atoms with Crippen molar-refractivity contribution in [3.8, 4) is 0 Å². The van der Waals surface area contributed by atoms with Gasteiger partial charge in [-0.05, 0) is 30.7 Å². The van der Waals surface area contributed by atoms with Gasteiger partial charge < -0.3 is 16.4 Å². The molecule has 0 unspecified atom stereocenters. The number of nitrogens with two attached hydrogens (primary N) is 1. The van der Waals surface area contributed by atoms with E-state index in [1.165, 1.54) is 0 Å². The maximum atomic E-state index is 11.8. The maximum Gasteiger partial charge on any atom is 0.251 e. The third-order valence-corrected chi connectivity index (χ3v) is 2.79. The van der Waals surface area contributed by atoms with Gasteiger partial charge in [0.05, 0.1) is 5.69 Å². The summed E-state index contributed by atoms with van der Waals surface area (Å²) in [6, 6.07) is 11.0. The van der Waals surface area contributed by atoms with Crippen LogP contribution in [-0.2, 0) is 0 Å². The zero-order valence-electron chi connectivity index (χ0n) is 11.4. The number of aromatic nitrogens is 1. The van der Waals surface area contributed by atoms with Crippen LogP contribution in [0.4, 0.5) is 11.5 Å². The van der Waals surface area contributed by atoms with Crippen LogP contribution in [0.15, 0.2) is 42.6 Å². The van der Waals surface area contributed by atoms with Gasteiger partial charge in [-0.15, -0.1) is 0 Å². The number of nitrogens with zero attached hydrogens (tertiary/aromatic N) is 1. The Bertz CT molecular complexity index is 584. The van der Waals surface area contributed by atoms with Crippen LogP contribution in [0.25, 0.3) is 0 Å². The van der Waals surface area contributed by atoms with E-state index in [0.717, 1.165) is 5.56 Å². The molecule has 2 rings (SSSR count).